The molecule has 4 fully saturated rings. The highest BCUT2D eigenvalue weighted by molar-refractivity contribution is 5.74. The summed E-state index contributed by atoms with van der Waals surface area (Å²) in [7, 11) is 0. The zero-order valence-corrected chi connectivity index (χ0v) is 8.90. The summed E-state index contributed by atoms with van der Waals surface area (Å²) >= 11 is 0. The van der Waals surface area contributed by atoms with Crippen molar-refractivity contribution < 1.29 is 25.2 Å². The minimum atomic E-state index is -1.26. The van der Waals surface area contributed by atoms with E-state index in [-0.39, 0.29) is 38.5 Å². The van der Waals surface area contributed by atoms with Crippen molar-refractivity contribution in [3.05, 3.63) is 0 Å². The fourth-order valence-corrected chi connectivity index (χ4v) is 4.69. The van der Waals surface area contributed by atoms with Gasteiger partial charge in [-0.15, -0.1) is 0 Å². The highest BCUT2D eigenvalue weighted by atomic mass is 16.4. The van der Waals surface area contributed by atoms with Crippen molar-refractivity contribution in [2.24, 2.45) is 5.41 Å². The van der Waals surface area contributed by atoms with Crippen molar-refractivity contribution >= 4 is 5.97 Å². The van der Waals surface area contributed by atoms with Gasteiger partial charge in [-0.25, -0.2) is 0 Å². The van der Waals surface area contributed by atoms with E-state index in [4.69, 9.17) is 0 Å². The Morgan fingerprint density at radius 3 is 1.38 bits per heavy atom. The van der Waals surface area contributed by atoms with E-state index < -0.39 is 28.2 Å². The molecule has 4 aliphatic rings. The molecule has 5 heteroatoms. The normalized spacial score (nSPS) is 58.9. The number of hydrogen-bond acceptors (Lipinski definition) is 5. The molecule has 0 saturated heterocycles. The number of aliphatic carboxylic acids is 1. The van der Waals surface area contributed by atoms with Gasteiger partial charge >= 0.3 is 0 Å². The van der Waals surface area contributed by atoms with Crippen LogP contribution in [0.1, 0.15) is 38.5 Å². The molecule has 0 heterocycles. The Morgan fingerprint density at radius 1 is 0.812 bits per heavy atom. The Hall–Kier alpha value is -0.650. The molecule has 4 aliphatic carbocycles. The number of rotatable bonds is 1. The van der Waals surface area contributed by atoms with Crippen molar-refractivity contribution in [3.8, 4) is 0 Å². The molecule has 5 nitrogen and oxygen atoms in total. The van der Waals surface area contributed by atoms with Crippen molar-refractivity contribution in [3.63, 3.8) is 0 Å². The van der Waals surface area contributed by atoms with E-state index >= 15 is 0 Å². The average Bonchev–Trinajstić information content (AvgIpc) is 1.92. The summed E-state index contributed by atoms with van der Waals surface area (Å²) in [5.74, 6) is -1.26. The van der Waals surface area contributed by atoms with Gasteiger partial charge < -0.3 is 25.2 Å². The molecule has 0 aromatic heterocycles. The second-order valence-electron chi connectivity index (χ2n) is 6.30. The molecule has 0 aromatic carbocycles. The van der Waals surface area contributed by atoms with Crippen LogP contribution in [0, 0.1) is 5.41 Å². The van der Waals surface area contributed by atoms with Gasteiger partial charge in [0.2, 0.25) is 0 Å². The van der Waals surface area contributed by atoms with E-state index in [1.807, 2.05) is 0 Å². The molecule has 0 spiro atoms. The molecule has 0 unspecified atom stereocenters. The lowest BCUT2D eigenvalue weighted by Gasteiger charge is -2.66. The van der Waals surface area contributed by atoms with E-state index in [9.17, 15) is 25.2 Å². The molecule has 0 amide bonds. The molecule has 0 atom stereocenters. The first kappa shape index (κ1) is 10.5. The number of carboxylic acid groups (broad SMARTS) is 1. The fraction of sp³-hybridized carbons (Fsp3) is 0.909. The van der Waals surface area contributed by atoms with Crippen LogP contribution in [-0.4, -0.2) is 38.1 Å². The Bertz CT molecular complexity index is 323. The SMILES string of the molecule is O=C([O-])C12CC3(O)CC(O)(CC(O)(C3)C1)C2. The summed E-state index contributed by atoms with van der Waals surface area (Å²) in [5, 5.41) is 41.9. The van der Waals surface area contributed by atoms with E-state index in [0.717, 1.165) is 0 Å². The van der Waals surface area contributed by atoms with Gasteiger partial charge in [0.15, 0.2) is 0 Å². The van der Waals surface area contributed by atoms with Crippen LogP contribution in [0.15, 0.2) is 0 Å². The Morgan fingerprint density at radius 2 is 1.12 bits per heavy atom. The third kappa shape index (κ3) is 1.19. The zero-order valence-electron chi connectivity index (χ0n) is 8.90. The van der Waals surface area contributed by atoms with Gasteiger partial charge in [-0.3, -0.25) is 0 Å². The average molecular weight is 227 g/mol. The monoisotopic (exact) mass is 227 g/mol. The lowest BCUT2D eigenvalue weighted by atomic mass is 9.45. The number of carboxylic acids is 1. The third-order valence-electron chi connectivity index (χ3n) is 4.41. The predicted molar refractivity (Wildman–Crippen MR) is 50.0 cm³/mol. The Labute approximate surface area is 92.7 Å². The van der Waals surface area contributed by atoms with Crippen molar-refractivity contribution in [1.29, 1.82) is 0 Å². The third-order valence-corrected chi connectivity index (χ3v) is 4.41. The molecule has 4 saturated carbocycles. The maximum Gasteiger partial charge on any atom is 0.0711 e. The van der Waals surface area contributed by atoms with Crippen LogP contribution in [0.5, 0.6) is 0 Å². The summed E-state index contributed by atoms with van der Waals surface area (Å²) in [6.45, 7) is 0. The number of carbonyl (C=O) groups is 1. The first-order valence-corrected chi connectivity index (χ1v) is 5.57. The van der Waals surface area contributed by atoms with Crippen LogP contribution < -0.4 is 5.11 Å². The second kappa shape index (κ2) is 2.44. The number of hydrogen-bond donors (Lipinski definition) is 3. The molecule has 4 bridgehead atoms. The van der Waals surface area contributed by atoms with Crippen LogP contribution in [-0.2, 0) is 4.79 Å². The molecular weight excluding hydrogens is 212 g/mol. The maximum absolute atomic E-state index is 11.2. The molecule has 0 aliphatic heterocycles. The van der Waals surface area contributed by atoms with Crippen LogP contribution in [0.3, 0.4) is 0 Å². The van der Waals surface area contributed by atoms with Crippen LogP contribution in [0.25, 0.3) is 0 Å². The molecule has 0 aromatic rings. The van der Waals surface area contributed by atoms with Gasteiger partial charge in [-0.05, 0) is 19.3 Å². The quantitative estimate of drug-likeness (QED) is 0.495. The number of carbonyl (C=O) groups excluding carboxylic acids is 1. The zero-order chi connectivity index (χ0) is 11.8. The van der Waals surface area contributed by atoms with Crippen molar-refractivity contribution in [2.75, 3.05) is 0 Å². The first-order valence-electron chi connectivity index (χ1n) is 5.57. The lowest BCUT2D eigenvalue weighted by Crippen LogP contribution is -2.72. The van der Waals surface area contributed by atoms with E-state index in [1.54, 1.807) is 0 Å². The summed E-state index contributed by atoms with van der Waals surface area (Å²) < 4.78 is 0. The van der Waals surface area contributed by atoms with Crippen molar-refractivity contribution in [1.82, 2.24) is 0 Å². The smallest absolute Gasteiger partial charge is 0.0711 e. The highest BCUT2D eigenvalue weighted by Crippen LogP contribution is 2.64. The largest absolute Gasteiger partial charge is 0.550 e. The first-order chi connectivity index (χ1) is 7.19. The van der Waals surface area contributed by atoms with E-state index in [2.05, 4.69) is 0 Å². The molecule has 90 valence electrons. The van der Waals surface area contributed by atoms with Crippen LogP contribution in [0.4, 0.5) is 0 Å². The number of aliphatic hydroxyl groups is 3. The Kier molecular flexibility index (Phi) is 1.60. The molecule has 16 heavy (non-hydrogen) atoms. The minimum absolute atomic E-state index is 0.0902. The fourth-order valence-electron chi connectivity index (χ4n) is 4.69. The van der Waals surface area contributed by atoms with Crippen LogP contribution in [0.2, 0.25) is 0 Å². The molecule has 0 radical (unpaired) electrons. The predicted octanol–water partition coefficient (Wildman–Crippen LogP) is -1.70. The van der Waals surface area contributed by atoms with Gasteiger partial charge in [-0.1, -0.05) is 0 Å². The molecule has 3 N–H and O–H groups in total. The minimum Gasteiger partial charge on any atom is -0.550 e. The van der Waals surface area contributed by atoms with E-state index in [1.165, 1.54) is 0 Å². The standard InChI is InChI=1S/C11H16O5/c12-7(13)8-1-9(14)4-10(15,2-8)6-11(16,3-8)5-9/h14-16H,1-6H2,(H,12,13)/p-1. The summed E-state index contributed by atoms with van der Waals surface area (Å²) in [6, 6.07) is 0. The summed E-state index contributed by atoms with van der Waals surface area (Å²) in [5.41, 5.74) is -5.01. The molecule has 4 rings (SSSR count). The van der Waals surface area contributed by atoms with Gasteiger partial charge in [0.1, 0.15) is 0 Å². The van der Waals surface area contributed by atoms with Gasteiger partial charge in [0.05, 0.1) is 16.8 Å². The van der Waals surface area contributed by atoms with Crippen LogP contribution >= 0.6 is 0 Å². The highest BCUT2D eigenvalue weighted by Gasteiger charge is 2.68. The topological polar surface area (TPSA) is 101 Å². The van der Waals surface area contributed by atoms with Gasteiger partial charge in [0.25, 0.3) is 0 Å². The lowest BCUT2D eigenvalue weighted by molar-refractivity contribution is -0.348. The Balaban J connectivity index is 2.11. The second-order valence-corrected chi connectivity index (χ2v) is 6.30. The van der Waals surface area contributed by atoms with Crippen molar-refractivity contribution in [2.45, 2.75) is 55.3 Å². The summed E-state index contributed by atoms with van der Waals surface area (Å²) in [4.78, 5) is 11.2. The van der Waals surface area contributed by atoms with Gasteiger partial charge in [0, 0.05) is 30.6 Å². The summed E-state index contributed by atoms with van der Waals surface area (Å²) in [6.07, 6.45) is 0.763. The van der Waals surface area contributed by atoms with Gasteiger partial charge in [-0.2, -0.15) is 0 Å². The molecular formula is C11H15O5-. The van der Waals surface area contributed by atoms with E-state index in [0.29, 0.717) is 0 Å². The maximum atomic E-state index is 11.2.